The molecule has 2 rings (SSSR count). The molecule has 0 heterocycles. The fourth-order valence-electron chi connectivity index (χ4n) is 1.73. The number of benzene rings is 1. The Hall–Kier alpha value is -2.08. The molecule has 6 heteroatoms. The van der Waals surface area contributed by atoms with Crippen LogP contribution in [-0.2, 0) is 16.0 Å². The summed E-state index contributed by atoms with van der Waals surface area (Å²) >= 11 is 0. The molecule has 0 aromatic heterocycles. The summed E-state index contributed by atoms with van der Waals surface area (Å²) in [5.74, 6) is -1.41. The number of phenolic OH excluding ortho intramolecular Hbond substituents is 1. The number of aliphatic carboxylic acids is 1. The van der Waals surface area contributed by atoms with Crippen LogP contribution in [0.15, 0.2) is 24.3 Å². The molecule has 1 amide bonds. The van der Waals surface area contributed by atoms with E-state index in [1.165, 1.54) is 12.1 Å². The highest BCUT2D eigenvalue weighted by molar-refractivity contribution is 5.92. The van der Waals surface area contributed by atoms with Gasteiger partial charge in [0, 0.05) is 6.42 Å². The number of aromatic hydroxyl groups is 1. The molecule has 1 aromatic carbocycles. The van der Waals surface area contributed by atoms with Gasteiger partial charge in [0.2, 0.25) is 5.91 Å². The molecule has 1 aliphatic rings. The molecule has 0 unspecified atom stereocenters. The normalized spacial score (nSPS) is 17.5. The Morgan fingerprint density at radius 3 is 2.37 bits per heavy atom. The van der Waals surface area contributed by atoms with Gasteiger partial charge >= 0.3 is 5.97 Å². The van der Waals surface area contributed by atoms with Gasteiger partial charge in [-0.15, -0.1) is 0 Å². The van der Waals surface area contributed by atoms with Crippen molar-refractivity contribution < 1.29 is 19.8 Å². The summed E-state index contributed by atoms with van der Waals surface area (Å²) in [7, 11) is 0. The van der Waals surface area contributed by atoms with Crippen molar-refractivity contribution >= 4 is 11.9 Å². The highest BCUT2D eigenvalue weighted by atomic mass is 16.4. The van der Waals surface area contributed by atoms with Gasteiger partial charge in [-0.2, -0.15) is 0 Å². The molecular formula is C13H16N2O4. The van der Waals surface area contributed by atoms with Gasteiger partial charge in [0.05, 0.1) is 5.54 Å². The zero-order valence-electron chi connectivity index (χ0n) is 10.3. The Bertz CT molecular complexity index is 494. The highest BCUT2D eigenvalue weighted by Crippen LogP contribution is 2.32. The van der Waals surface area contributed by atoms with Crippen molar-refractivity contribution in [2.75, 3.05) is 0 Å². The van der Waals surface area contributed by atoms with Crippen molar-refractivity contribution in [3.63, 3.8) is 0 Å². The molecule has 6 nitrogen and oxygen atoms in total. The van der Waals surface area contributed by atoms with E-state index in [1.54, 1.807) is 12.1 Å². The maximum atomic E-state index is 11.7. The first-order valence-electron chi connectivity index (χ1n) is 6.01. The topological polar surface area (TPSA) is 113 Å². The first-order valence-corrected chi connectivity index (χ1v) is 6.01. The maximum Gasteiger partial charge on any atom is 0.326 e. The molecule has 19 heavy (non-hydrogen) atoms. The smallest absolute Gasteiger partial charge is 0.326 e. The second-order valence-corrected chi connectivity index (χ2v) is 4.89. The van der Waals surface area contributed by atoms with Crippen LogP contribution in [0.5, 0.6) is 5.75 Å². The molecule has 0 bridgehead atoms. The number of carbonyl (C=O) groups is 2. The predicted octanol–water partition coefficient (Wildman–Crippen LogP) is -0.00460. The number of carboxylic acid groups (broad SMARTS) is 1. The maximum absolute atomic E-state index is 11.7. The lowest BCUT2D eigenvalue weighted by molar-refractivity contribution is -0.142. The second-order valence-electron chi connectivity index (χ2n) is 4.89. The van der Waals surface area contributed by atoms with E-state index in [-0.39, 0.29) is 12.2 Å². The fourth-order valence-corrected chi connectivity index (χ4v) is 1.73. The van der Waals surface area contributed by atoms with Crippen molar-refractivity contribution in [1.29, 1.82) is 0 Å². The van der Waals surface area contributed by atoms with E-state index in [1.807, 2.05) is 0 Å². The quantitative estimate of drug-likeness (QED) is 0.597. The van der Waals surface area contributed by atoms with Crippen molar-refractivity contribution in [2.45, 2.75) is 30.8 Å². The predicted molar refractivity (Wildman–Crippen MR) is 67.5 cm³/mol. The van der Waals surface area contributed by atoms with Gasteiger partial charge in [-0.1, -0.05) is 12.1 Å². The third kappa shape index (κ3) is 3.23. The number of nitrogens with two attached hydrogens (primary N) is 1. The summed E-state index contributed by atoms with van der Waals surface area (Å²) in [6.45, 7) is 0. The van der Waals surface area contributed by atoms with E-state index in [9.17, 15) is 9.59 Å². The third-order valence-electron chi connectivity index (χ3n) is 3.22. The zero-order chi connectivity index (χ0) is 14.0. The van der Waals surface area contributed by atoms with E-state index in [2.05, 4.69) is 5.32 Å². The van der Waals surface area contributed by atoms with E-state index < -0.39 is 23.5 Å². The average molecular weight is 264 g/mol. The molecular weight excluding hydrogens is 248 g/mol. The summed E-state index contributed by atoms with van der Waals surface area (Å²) < 4.78 is 0. The second kappa shape index (κ2) is 4.89. The molecule has 0 aliphatic heterocycles. The number of hydrogen-bond acceptors (Lipinski definition) is 4. The number of phenols is 1. The average Bonchev–Trinajstić information content (AvgIpc) is 3.10. The van der Waals surface area contributed by atoms with Crippen molar-refractivity contribution in [3.05, 3.63) is 29.8 Å². The Morgan fingerprint density at radius 1 is 1.32 bits per heavy atom. The van der Waals surface area contributed by atoms with Gasteiger partial charge in [-0.25, -0.2) is 4.79 Å². The molecule has 1 saturated carbocycles. The Balaban J connectivity index is 2.02. The molecule has 0 spiro atoms. The number of carbonyl (C=O) groups excluding carboxylic acids is 1. The van der Waals surface area contributed by atoms with Crippen LogP contribution in [0.1, 0.15) is 18.4 Å². The largest absolute Gasteiger partial charge is 0.508 e. The molecule has 1 fully saturated rings. The lowest BCUT2D eigenvalue weighted by Crippen LogP contribution is -2.50. The molecule has 102 valence electrons. The standard InChI is InChI=1S/C13H16N2O4/c14-13(5-6-13)12(19)15-10(11(17)18)7-8-1-3-9(16)4-2-8/h1-4,10,16H,5-7,14H2,(H,15,19)(H,17,18)/t10-/m1/s1. The van der Waals surface area contributed by atoms with E-state index >= 15 is 0 Å². The SMILES string of the molecule is NC1(C(=O)N[C@H](Cc2ccc(O)cc2)C(=O)O)CC1. The zero-order valence-corrected chi connectivity index (χ0v) is 10.3. The summed E-state index contributed by atoms with van der Waals surface area (Å²) in [4.78, 5) is 22.9. The van der Waals surface area contributed by atoms with Crippen LogP contribution in [0.25, 0.3) is 0 Å². The van der Waals surface area contributed by atoms with Gasteiger partial charge in [0.15, 0.2) is 0 Å². The van der Waals surface area contributed by atoms with Crippen molar-refractivity contribution in [1.82, 2.24) is 5.32 Å². The molecule has 1 atom stereocenters. The number of rotatable bonds is 5. The minimum Gasteiger partial charge on any atom is -0.508 e. The summed E-state index contributed by atoms with van der Waals surface area (Å²) in [5, 5.41) is 20.7. The van der Waals surface area contributed by atoms with E-state index in [0.29, 0.717) is 18.4 Å². The van der Waals surface area contributed by atoms with E-state index in [4.69, 9.17) is 15.9 Å². The van der Waals surface area contributed by atoms with E-state index in [0.717, 1.165) is 0 Å². The molecule has 0 radical (unpaired) electrons. The summed E-state index contributed by atoms with van der Waals surface area (Å²) in [6, 6.07) is 5.17. The van der Waals surface area contributed by atoms with Gasteiger partial charge in [-0.05, 0) is 30.5 Å². The van der Waals surface area contributed by atoms with Crippen LogP contribution >= 0.6 is 0 Å². The van der Waals surface area contributed by atoms with Gasteiger partial charge in [0.1, 0.15) is 11.8 Å². The first kappa shape index (κ1) is 13.4. The molecule has 0 saturated heterocycles. The molecule has 5 N–H and O–H groups in total. The third-order valence-corrected chi connectivity index (χ3v) is 3.22. The van der Waals surface area contributed by atoms with Crippen molar-refractivity contribution in [2.24, 2.45) is 5.73 Å². The fraction of sp³-hybridized carbons (Fsp3) is 0.385. The number of nitrogens with one attached hydrogen (secondary N) is 1. The first-order chi connectivity index (χ1) is 8.90. The van der Waals surface area contributed by atoms with Crippen LogP contribution in [0.3, 0.4) is 0 Å². The summed E-state index contributed by atoms with van der Waals surface area (Å²) in [5.41, 5.74) is 5.54. The number of hydrogen-bond donors (Lipinski definition) is 4. The van der Waals surface area contributed by atoms with Gasteiger partial charge < -0.3 is 21.3 Å². The molecule has 1 aliphatic carbocycles. The lowest BCUT2D eigenvalue weighted by atomic mass is 10.1. The van der Waals surface area contributed by atoms with Crippen molar-refractivity contribution in [3.8, 4) is 5.75 Å². The van der Waals surface area contributed by atoms with Crippen LogP contribution in [0, 0.1) is 0 Å². The Kier molecular flexibility index (Phi) is 3.44. The number of carboxylic acids is 1. The van der Waals surface area contributed by atoms with Gasteiger partial charge in [0.25, 0.3) is 0 Å². The highest BCUT2D eigenvalue weighted by Gasteiger charge is 2.46. The lowest BCUT2D eigenvalue weighted by Gasteiger charge is -2.17. The van der Waals surface area contributed by atoms with Crippen LogP contribution < -0.4 is 11.1 Å². The van der Waals surface area contributed by atoms with Crippen LogP contribution in [-0.4, -0.2) is 33.7 Å². The minimum absolute atomic E-state index is 0.110. The molecule has 1 aromatic rings. The Labute approximate surface area is 110 Å². The minimum atomic E-state index is -1.11. The Morgan fingerprint density at radius 2 is 1.89 bits per heavy atom. The number of amides is 1. The monoisotopic (exact) mass is 264 g/mol. The van der Waals surface area contributed by atoms with Crippen LogP contribution in [0.2, 0.25) is 0 Å². The van der Waals surface area contributed by atoms with Crippen LogP contribution in [0.4, 0.5) is 0 Å². The summed E-state index contributed by atoms with van der Waals surface area (Å²) in [6.07, 6.45) is 1.33. The van der Waals surface area contributed by atoms with Gasteiger partial charge in [-0.3, -0.25) is 4.79 Å².